The van der Waals surface area contributed by atoms with Crippen LogP contribution in [-0.2, 0) is 4.79 Å². The van der Waals surface area contributed by atoms with Crippen LogP contribution in [0.4, 0.5) is 0 Å². The molecule has 0 aliphatic rings. The number of aromatic nitrogens is 2. The lowest BCUT2D eigenvalue weighted by Crippen LogP contribution is -2.33. The number of halogens is 2. The molecule has 1 atom stereocenters. The van der Waals surface area contributed by atoms with E-state index in [2.05, 4.69) is 15.3 Å². The smallest absolute Gasteiger partial charge is 0.258 e. The number of ether oxygens (including phenoxy) is 1. The van der Waals surface area contributed by atoms with Gasteiger partial charge in [-0.3, -0.25) is 4.79 Å². The summed E-state index contributed by atoms with van der Waals surface area (Å²) in [5.74, 6) is 0.946. The summed E-state index contributed by atoms with van der Waals surface area (Å²) in [5.41, 5.74) is 1.95. The summed E-state index contributed by atoms with van der Waals surface area (Å²) in [6.07, 6.45) is 2.46. The molecule has 0 aliphatic carbocycles. The SMILES string of the molecule is CCC(NC(=O)COc1ccc(Cl)c(Cl)c1)c1ncc(-c2ccccc2)[nH]1. The Bertz CT molecular complexity index is 913. The molecule has 0 spiro atoms. The molecule has 2 N–H and O–H groups in total. The van der Waals surface area contributed by atoms with E-state index in [0.717, 1.165) is 11.3 Å². The van der Waals surface area contributed by atoms with Crippen LogP contribution in [0, 0.1) is 0 Å². The fraction of sp³-hybridized carbons (Fsp3) is 0.200. The summed E-state index contributed by atoms with van der Waals surface area (Å²) in [5, 5.41) is 3.74. The first kappa shape index (κ1) is 19.3. The molecule has 5 nitrogen and oxygen atoms in total. The zero-order chi connectivity index (χ0) is 19.2. The van der Waals surface area contributed by atoms with Gasteiger partial charge < -0.3 is 15.0 Å². The van der Waals surface area contributed by atoms with Crippen molar-refractivity contribution in [3.05, 3.63) is 70.6 Å². The summed E-state index contributed by atoms with van der Waals surface area (Å²) < 4.78 is 5.47. The molecule has 0 saturated heterocycles. The van der Waals surface area contributed by atoms with Crippen LogP contribution in [0.15, 0.2) is 54.7 Å². The van der Waals surface area contributed by atoms with E-state index >= 15 is 0 Å². The number of aromatic amines is 1. The van der Waals surface area contributed by atoms with Crippen LogP contribution >= 0.6 is 23.2 Å². The van der Waals surface area contributed by atoms with Crippen molar-refractivity contribution in [2.45, 2.75) is 19.4 Å². The summed E-state index contributed by atoms with van der Waals surface area (Å²) in [4.78, 5) is 19.9. The van der Waals surface area contributed by atoms with Gasteiger partial charge in [-0.25, -0.2) is 4.98 Å². The molecule has 0 radical (unpaired) electrons. The van der Waals surface area contributed by atoms with Crippen molar-refractivity contribution < 1.29 is 9.53 Å². The Morgan fingerprint density at radius 1 is 1.19 bits per heavy atom. The molecule has 1 amide bonds. The lowest BCUT2D eigenvalue weighted by molar-refractivity contribution is -0.123. The number of H-pyrrole nitrogens is 1. The Morgan fingerprint density at radius 3 is 2.67 bits per heavy atom. The lowest BCUT2D eigenvalue weighted by Gasteiger charge is -2.15. The third-order valence-corrected chi connectivity index (χ3v) is 4.75. The highest BCUT2D eigenvalue weighted by molar-refractivity contribution is 6.42. The maximum Gasteiger partial charge on any atom is 0.258 e. The molecule has 1 heterocycles. The molecule has 0 fully saturated rings. The number of benzene rings is 2. The third kappa shape index (κ3) is 5.02. The van der Waals surface area contributed by atoms with E-state index < -0.39 is 0 Å². The minimum absolute atomic E-state index is 0.124. The number of carbonyl (C=O) groups is 1. The van der Waals surface area contributed by atoms with Crippen molar-refractivity contribution in [1.29, 1.82) is 0 Å². The number of nitrogens with one attached hydrogen (secondary N) is 2. The highest BCUT2D eigenvalue weighted by atomic mass is 35.5. The van der Waals surface area contributed by atoms with Crippen molar-refractivity contribution in [3.8, 4) is 17.0 Å². The highest BCUT2D eigenvalue weighted by Crippen LogP contribution is 2.26. The maximum absolute atomic E-state index is 12.3. The van der Waals surface area contributed by atoms with Crippen LogP contribution in [0.1, 0.15) is 25.2 Å². The number of imidazole rings is 1. The largest absolute Gasteiger partial charge is 0.484 e. The second kappa shape index (κ2) is 8.93. The predicted octanol–water partition coefficient (Wildman–Crippen LogP) is 5.03. The second-order valence-corrected chi connectivity index (χ2v) is 6.76. The van der Waals surface area contributed by atoms with Gasteiger partial charge in [-0.1, -0.05) is 60.5 Å². The normalized spacial score (nSPS) is 11.8. The maximum atomic E-state index is 12.3. The Kier molecular flexibility index (Phi) is 6.37. The van der Waals surface area contributed by atoms with E-state index in [0.29, 0.717) is 28.0 Å². The van der Waals surface area contributed by atoms with Gasteiger partial charge in [0.2, 0.25) is 0 Å². The van der Waals surface area contributed by atoms with E-state index in [-0.39, 0.29) is 18.6 Å². The van der Waals surface area contributed by atoms with Crippen LogP contribution < -0.4 is 10.1 Å². The number of amides is 1. The van der Waals surface area contributed by atoms with E-state index in [4.69, 9.17) is 27.9 Å². The average Bonchev–Trinajstić information content (AvgIpc) is 3.18. The quantitative estimate of drug-likeness (QED) is 0.581. The first-order chi connectivity index (χ1) is 13.1. The van der Waals surface area contributed by atoms with Gasteiger partial charge in [0.25, 0.3) is 5.91 Å². The molecule has 2 aromatic carbocycles. The first-order valence-corrected chi connectivity index (χ1v) is 9.30. The Hall–Kier alpha value is -2.50. The molecule has 3 rings (SSSR count). The number of rotatable bonds is 7. The van der Waals surface area contributed by atoms with Gasteiger partial charge >= 0.3 is 0 Å². The third-order valence-electron chi connectivity index (χ3n) is 4.01. The molecule has 140 valence electrons. The van der Waals surface area contributed by atoms with E-state index in [9.17, 15) is 4.79 Å². The van der Waals surface area contributed by atoms with Gasteiger partial charge in [0, 0.05) is 6.07 Å². The second-order valence-electron chi connectivity index (χ2n) is 5.94. The summed E-state index contributed by atoms with van der Waals surface area (Å²) in [6, 6.07) is 14.5. The molecule has 3 aromatic rings. The van der Waals surface area contributed by atoms with E-state index in [1.807, 2.05) is 37.3 Å². The molecular formula is C20H19Cl2N3O2. The van der Waals surface area contributed by atoms with Crippen LogP contribution in [0.5, 0.6) is 5.75 Å². The van der Waals surface area contributed by atoms with Crippen molar-refractivity contribution in [2.24, 2.45) is 0 Å². The molecule has 0 saturated carbocycles. The summed E-state index contributed by atoms with van der Waals surface area (Å²) in [7, 11) is 0. The van der Waals surface area contributed by atoms with Crippen molar-refractivity contribution in [2.75, 3.05) is 6.61 Å². The van der Waals surface area contributed by atoms with Gasteiger partial charge in [-0.05, 0) is 24.1 Å². The molecule has 7 heteroatoms. The zero-order valence-corrected chi connectivity index (χ0v) is 16.2. The molecular weight excluding hydrogens is 385 g/mol. The van der Waals surface area contributed by atoms with Crippen molar-refractivity contribution >= 4 is 29.1 Å². The van der Waals surface area contributed by atoms with Gasteiger partial charge in [0.05, 0.1) is 28.0 Å². The molecule has 1 aromatic heterocycles. The van der Waals surface area contributed by atoms with Crippen molar-refractivity contribution in [1.82, 2.24) is 15.3 Å². The molecule has 0 bridgehead atoms. The fourth-order valence-corrected chi connectivity index (χ4v) is 2.88. The summed E-state index contributed by atoms with van der Waals surface area (Å²) >= 11 is 11.8. The average molecular weight is 404 g/mol. The van der Waals surface area contributed by atoms with E-state index in [1.54, 1.807) is 24.4 Å². The number of hydrogen-bond acceptors (Lipinski definition) is 3. The van der Waals surface area contributed by atoms with Gasteiger partial charge in [-0.15, -0.1) is 0 Å². The number of carbonyl (C=O) groups excluding carboxylic acids is 1. The zero-order valence-electron chi connectivity index (χ0n) is 14.7. The molecule has 27 heavy (non-hydrogen) atoms. The highest BCUT2D eigenvalue weighted by Gasteiger charge is 2.17. The minimum Gasteiger partial charge on any atom is -0.484 e. The van der Waals surface area contributed by atoms with Crippen LogP contribution in [0.3, 0.4) is 0 Å². The van der Waals surface area contributed by atoms with Crippen molar-refractivity contribution in [3.63, 3.8) is 0 Å². The van der Waals surface area contributed by atoms with E-state index in [1.165, 1.54) is 0 Å². The monoisotopic (exact) mass is 403 g/mol. The van der Waals surface area contributed by atoms with Gasteiger partial charge in [0.15, 0.2) is 6.61 Å². The minimum atomic E-state index is -0.245. The van der Waals surface area contributed by atoms with Gasteiger partial charge in [-0.2, -0.15) is 0 Å². The van der Waals surface area contributed by atoms with Crippen LogP contribution in [-0.4, -0.2) is 22.5 Å². The Labute approximate surface area is 167 Å². The summed E-state index contributed by atoms with van der Waals surface area (Å²) in [6.45, 7) is 1.86. The van der Waals surface area contributed by atoms with Crippen LogP contribution in [0.2, 0.25) is 10.0 Å². The fourth-order valence-electron chi connectivity index (χ4n) is 2.59. The number of nitrogens with zero attached hydrogens (tertiary/aromatic N) is 1. The Morgan fingerprint density at radius 2 is 1.96 bits per heavy atom. The topological polar surface area (TPSA) is 67.0 Å². The van der Waals surface area contributed by atoms with Crippen LogP contribution in [0.25, 0.3) is 11.3 Å². The molecule has 1 unspecified atom stereocenters. The lowest BCUT2D eigenvalue weighted by atomic mass is 10.2. The predicted molar refractivity (Wildman–Crippen MR) is 107 cm³/mol. The Balaban J connectivity index is 1.60. The van der Waals surface area contributed by atoms with Gasteiger partial charge in [0.1, 0.15) is 11.6 Å². The molecule has 0 aliphatic heterocycles. The standard InChI is InChI=1S/C20H19Cl2N3O2/c1-2-17(20-23-11-18(25-20)13-6-4-3-5-7-13)24-19(26)12-27-14-8-9-15(21)16(22)10-14/h3-11,17H,2,12H2,1H3,(H,23,25)(H,24,26). The number of hydrogen-bond donors (Lipinski definition) is 2. The first-order valence-electron chi connectivity index (χ1n) is 8.54.